The van der Waals surface area contributed by atoms with Crippen LogP contribution in [0.3, 0.4) is 0 Å². The molecular formula is C16H20N3O. The van der Waals surface area contributed by atoms with E-state index in [0.29, 0.717) is 0 Å². The number of hydrogen-bond acceptors (Lipinski definition) is 3. The largest absolute Gasteiger partial charge is 0.310 e. The summed E-state index contributed by atoms with van der Waals surface area (Å²) in [5, 5.41) is 0. The summed E-state index contributed by atoms with van der Waals surface area (Å²) >= 11 is 0. The Hall–Kier alpha value is -1.68. The van der Waals surface area contributed by atoms with E-state index in [-0.39, 0.29) is 5.56 Å². The maximum Gasteiger partial charge on any atom is 0.250 e. The maximum absolute atomic E-state index is 11.8. The smallest absolute Gasteiger partial charge is 0.250 e. The van der Waals surface area contributed by atoms with Gasteiger partial charge in [-0.1, -0.05) is 0 Å². The number of aromatic nitrogens is 2. The standard InChI is InChI=1S/C16H20N3O/c1-18-15(20)6-5-14-16(18)13(7-9-17-14)8-12-19-10-3-2-4-11-19/h2,5-7,9H,3-4,8,10-12H2,1H3. The van der Waals surface area contributed by atoms with Crippen LogP contribution in [0.4, 0.5) is 0 Å². The summed E-state index contributed by atoms with van der Waals surface area (Å²) in [5.41, 5.74) is 3.12. The van der Waals surface area contributed by atoms with Gasteiger partial charge in [0.2, 0.25) is 0 Å². The minimum absolute atomic E-state index is 0.0272. The predicted octanol–water partition coefficient (Wildman–Crippen LogP) is 1.78. The molecule has 4 heteroatoms. The van der Waals surface area contributed by atoms with E-state index >= 15 is 0 Å². The van der Waals surface area contributed by atoms with Gasteiger partial charge in [0.05, 0.1) is 11.0 Å². The Kier molecular flexibility index (Phi) is 3.83. The molecule has 0 bridgehead atoms. The summed E-state index contributed by atoms with van der Waals surface area (Å²) in [6.45, 7) is 3.36. The second kappa shape index (κ2) is 5.75. The van der Waals surface area contributed by atoms with Crippen LogP contribution < -0.4 is 5.56 Å². The summed E-state index contributed by atoms with van der Waals surface area (Å²) < 4.78 is 1.71. The average Bonchev–Trinajstić information content (AvgIpc) is 2.50. The van der Waals surface area contributed by atoms with E-state index in [1.165, 1.54) is 18.4 Å². The molecule has 0 N–H and O–H groups in total. The molecule has 1 radical (unpaired) electrons. The van der Waals surface area contributed by atoms with E-state index in [2.05, 4.69) is 16.3 Å². The van der Waals surface area contributed by atoms with Crippen LogP contribution in [-0.4, -0.2) is 34.1 Å². The monoisotopic (exact) mass is 270 g/mol. The minimum Gasteiger partial charge on any atom is -0.310 e. The number of hydrogen-bond donors (Lipinski definition) is 0. The van der Waals surface area contributed by atoms with Crippen molar-refractivity contribution in [2.45, 2.75) is 19.3 Å². The highest BCUT2D eigenvalue weighted by Crippen LogP contribution is 2.16. The van der Waals surface area contributed by atoms with Crippen LogP contribution in [0.15, 0.2) is 29.2 Å². The normalized spacial score (nSPS) is 16.6. The summed E-state index contributed by atoms with van der Waals surface area (Å²) in [7, 11) is 1.83. The highest BCUT2D eigenvalue weighted by atomic mass is 16.1. The predicted molar refractivity (Wildman–Crippen MR) is 80.7 cm³/mol. The third-order valence-corrected chi connectivity index (χ3v) is 4.08. The van der Waals surface area contributed by atoms with Gasteiger partial charge in [0.1, 0.15) is 0 Å². The van der Waals surface area contributed by atoms with Crippen LogP contribution in [0, 0.1) is 6.42 Å². The third-order valence-electron chi connectivity index (χ3n) is 4.08. The molecule has 2 aromatic heterocycles. The number of aryl methyl sites for hydroxylation is 1. The van der Waals surface area contributed by atoms with Crippen molar-refractivity contribution in [1.82, 2.24) is 14.5 Å². The molecule has 3 rings (SSSR count). The first-order valence-corrected chi connectivity index (χ1v) is 7.23. The zero-order valence-corrected chi connectivity index (χ0v) is 11.9. The molecule has 0 aromatic carbocycles. The van der Waals surface area contributed by atoms with Gasteiger partial charge in [-0.2, -0.15) is 0 Å². The average molecular weight is 270 g/mol. The second-order valence-corrected chi connectivity index (χ2v) is 5.39. The lowest BCUT2D eigenvalue weighted by Gasteiger charge is -2.26. The van der Waals surface area contributed by atoms with Gasteiger partial charge in [-0.05, 0) is 56.5 Å². The molecule has 0 aliphatic carbocycles. The van der Waals surface area contributed by atoms with Crippen molar-refractivity contribution in [3.63, 3.8) is 0 Å². The highest BCUT2D eigenvalue weighted by molar-refractivity contribution is 5.78. The van der Waals surface area contributed by atoms with Crippen LogP contribution in [-0.2, 0) is 13.5 Å². The van der Waals surface area contributed by atoms with Gasteiger partial charge in [-0.15, -0.1) is 0 Å². The number of nitrogens with zero attached hydrogens (tertiary/aromatic N) is 3. The van der Waals surface area contributed by atoms with Gasteiger partial charge in [0.25, 0.3) is 5.56 Å². The fraction of sp³-hybridized carbons (Fsp3) is 0.438. The molecular weight excluding hydrogens is 250 g/mol. The van der Waals surface area contributed by atoms with Gasteiger partial charge in [-0.25, -0.2) is 0 Å². The second-order valence-electron chi connectivity index (χ2n) is 5.39. The first-order valence-electron chi connectivity index (χ1n) is 7.23. The molecule has 2 aromatic rings. The number of pyridine rings is 2. The topological polar surface area (TPSA) is 38.1 Å². The molecule has 0 saturated carbocycles. The Labute approximate surface area is 119 Å². The number of piperidine rings is 1. The Morgan fingerprint density at radius 2 is 2.00 bits per heavy atom. The van der Waals surface area contributed by atoms with E-state index in [9.17, 15) is 4.79 Å². The Morgan fingerprint density at radius 1 is 1.20 bits per heavy atom. The van der Waals surface area contributed by atoms with E-state index < -0.39 is 0 Å². The van der Waals surface area contributed by atoms with Gasteiger partial charge in [0, 0.05) is 25.9 Å². The van der Waals surface area contributed by atoms with E-state index in [4.69, 9.17) is 0 Å². The quantitative estimate of drug-likeness (QED) is 0.853. The van der Waals surface area contributed by atoms with Crippen LogP contribution in [0.25, 0.3) is 11.0 Å². The molecule has 0 amide bonds. The fourth-order valence-corrected chi connectivity index (χ4v) is 2.90. The van der Waals surface area contributed by atoms with Crippen molar-refractivity contribution in [3.05, 3.63) is 46.7 Å². The molecule has 105 valence electrons. The van der Waals surface area contributed by atoms with Gasteiger partial charge < -0.3 is 9.47 Å². The Morgan fingerprint density at radius 3 is 2.80 bits per heavy atom. The minimum atomic E-state index is 0.0272. The van der Waals surface area contributed by atoms with Crippen molar-refractivity contribution in [1.29, 1.82) is 0 Å². The summed E-state index contributed by atoms with van der Waals surface area (Å²) in [6.07, 6.45) is 7.55. The van der Waals surface area contributed by atoms with Crippen LogP contribution in [0.2, 0.25) is 0 Å². The number of fused-ring (bicyclic) bond motifs is 1. The molecule has 0 unspecified atom stereocenters. The van der Waals surface area contributed by atoms with Crippen molar-refractivity contribution < 1.29 is 0 Å². The van der Waals surface area contributed by atoms with E-state index in [0.717, 1.165) is 37.1 Å². The number of rotatable bonds is 3. The van der Waals surface area contributed by atoms with Crippen LogP contribution in [0.1, 0.15) is 18.4 Å². The van der Waals surface area contributed by atoms with Gasteiger partial charge in [-0.3, -0.25) is 9.78 Å². The van der Waals surface area contributed by atoms with Crippen molar-refractivity contribution >= 4 is 11.0 Å². The zero-order chi connectivity index (χ0) is 13.9. The fourth-order valence-electron chi connectivity index (χ4n) is 2.90. The summed E-state index contributed by atoms with van der Waals surface area (Å²) in [6, 6.07) is 5.44. The van der Waals surface area contributed by atoms with E-state index in [1.807, 2.05) is 25.4 Å². The molecule has 0 spiro atoms. The molecule has 1 fully saturated rings. The Bertz CT molecular complexity index is 656. The Balaban J connectivity index is 1.87. The van der Waals surface area contributed by atoms with Gasteiger partial charge >= 0.3 is 0 Å². The lowest BCUT2D eigenvalue weighted by atomic mass is 10.1. The lowest BCUT2D eigenvalue weighted by molar-refractivity contribution is 0.257. The molecule has 0 atom stereocenters. The van der Waals surface area contributed by atoms with Crippen molar-refractivity contribution in [2.75, 3.05) is 19.6 Å². The van der Waals surface area contributed by atoms with Crippen LogP contribution >= 0.6 is 0 Å². The first kappa shape index (κ1) is 13.3. The maximum atomic E-state index is 11.8. The van der Waals surface area contributed by atoms with E-state index in [1.54, 1.807) is 10.6 Å². The molecule has 20 heavy (non-hydrogen) atoms. The van der Waals surface area contributed by atoms with Crippen LogP contribution in [0.5, 0.6) is 0 Å². The molecule has 1 aliphatic rings. The SMILES string of the molecule is Cn1c(=O)ccc2nccc(CCN3CC[CH]CC3)c21. The third kappa shape index (κ3) is 2.61. The highest BCUT2D eigenvalue weighted by Gasteiger charge is 2.12. The number of likely N-dealkylation sites (tertiary alicyclic amines) is 1. The van der Waals surface area contributed by atoms with Gasteiger partial charge in [0.15, 0.2) is 0 Å². The molecule has 1 aliphatic heterocycles. The molecule has 3 heterocycles. The van der Waals surface area contributed by atoms with Crippen molar-refractivity contribution in [2.24, 2.45) is 7.05 Å². The zero-order valence-electron chi connectivity index (χ0n) is 11.9. The first-order chi connectivity index (χ1) is 9.75. The lowest BCUT2D eigenvalue weighted by Crippen LogP contribution is -2.32. The molecule has 4 nitrogen and oxygen atoms in total. The van der Waals surface area contributed by atoms with Crippen molar-refractivity contribution in [3.8, 4) is 0 Å². The summed E-state index contributed by atoms with van der Waals surface area (Å²) in [4.78, 5) is 18.7. The molecule has 1 saturated heterocycles. The summed E-state index contributed by atoms with van der Waals surface area (Å²) in [5.74, 6) is 0.